The third-order valence-corrected chi connectivity index (χ3v) is 10.4. The molecule has 0 saturated heterocycles. The Balaban J connectivity index is 0. The SMILES string of the molecule is CCC(=O)S.CCCCCCCCCCCCCCCCCCCC(CCCCCCCCCCCCCCCCCC)C(=O)S. The molecule has 0 aliphatic rings. The van der Waals surface area contributed by atoms with Crippen molar-refractivity contribution >= 4 is 35.5 Å². The van der Waals surface area contributed by atoms with Crippen LogP contribution in [0, 0.1) is 5.92 Å². The van der Waals surface area contributed by atoms with E-state index in [4.69, 9.17) is 0 Å². The molecule has 4 heteroatoms. The highest BCUT2D eigenvalue weighted by Gasteiger charge is 2.14. The monoisotopic (exact) mass is 685 g/mol. The van der Waals surface area contributed by atoms with Crippen LogP contribution in [0.3, 0.4) is 0 Å². The van der Waals surface area contributed by atoms with Gasteiger partial charge in [-0.25, -0.2) is 0 Å². The van der Waals surface area contributed by atoms with Crippen LogP contribution in [0.2, 0.25) is 0 Å². The number of unbranched alkanes of at least 4 members (excludes halogenated alkanes) is 31. The van der Waals surface area contributed by atoms with Gasteiger partial charge in [0.15, 0.2) is 10.2 Å². The van der Waals surface area contributed by atoms with E-state index >= 15 is 0 Å². The second-order valence-electron chi connectivity index (χ2n) is 14.3. The van der Waals surface area contributed by atoms with Crippen molar-refractivity contribution < 1.29 is 9.59 Å². The number of carbonyl (C=O) groups is 2. The molecular formula is C42H84O2S2. The predicted molar refractivity (Wildman–Crippen MR) is 215 cm³/mol. The van der Waals surface area contributed by atoms with Gasteiger partial charge in [0.2, 0.25) is 0 Å². The second kappa shape index (κ2) is 43.1. The standard InChI is InChI=1S/C39H78OS.C3H6OS/c1-3-5-7-9-11-13-15-17-19-21-23-25-27-29-31-33-35-37-38(39(40)41)36-34-32-30-28-26-24-22-20-18-16-14-12-10-8-6-4-2;1-2-3(4)5/h38H,3-37H2,1-2H3,(H,40,41);2H2,1H3,(H,4,5). The maximum Gasteiger partial charge on any atom is 0.188 e. The van der Waals surface area contributed by atoms with Crippen molar-refractivity contribution in [2.24, 2.45) is 5.92 Å². The molecule has 0 saturated carbocycles. The van der Waals surface area contributed by atoms with Crippen LogP contribution < -0.4 is 0 Å². The molecule has 0 heterocycles. The Kier molecular flexibility index (Phi) is 45.1. The van der Waals surface area contributed by atoms with Crippen molar-refractivity contribution in [1.29, 1.82) is 0 Å². The smallest absolute Gasteiger partial charge is 0.188 e. The van der Waals surface area contributed by atoms with Gasteiger partial charge in [0.1, 0.15) is 0 Å². The summed E-state index contributed by atoms with van der Waals surface area (Å²) < 4.78 is 0. The molecule has 0 rings (SSSR count). The molecule has 0 aromatic rings. The number of hydrogen-bond acceptors (Lipinski definition) is 2. The molecule has 0 aliphatic heterocycles. The summed E-state index contributed by atoms with van der Waals surface area (Å²) in [5.74, 6) is 0.210. The van der Waals surface area contributed by atoms with Gasteiger partial charge in [-0.15, -0.1) is 25.3 Å². The van der Waals surface area contributed by atoms with Gasteiger partial charge in [0.25, 0.3) is 0 Å². The second-order valence-corrected chi connectivity index (χ2v) is 15.3. The summed E-state index contributed by atoms with van der Waals surface area (Å²) in [6.07, 6.45) is 49.1. The van der Waals surface area contributed by atoms with E-state index < -0.39 is 0 Å². The summed E-state index contributed by atoms with van der Waals surface area (Å²) in [5.41, 5.74) is 0. The van der Waals surface area contributed by atoms with E-state index in [1.807, 2.05) is 0 Å². The quantitative estimate of drug-likeness (QED) is 0.0504. The third kappa shape index (κ3) is 44.0. The van der Waals surface area contributed by atoms with Crippen LogP contribution in [0.15, 0.2) is 0 Å². The van der Waals surface area contributed by atoms with Crippen LogP contribution in [0.25, 0.3) is 0 Å². The summed E-state index contributed by atoms with van der Waals surface area (Å²) in [4.78, 5) is 21.7. The fourth-order valence-electron chi connectivity index (χ4n) is 6.45. The van der Waals surface area contributed by atoms with Crippen molar-refractivity contribution in [3.8, 4) is 0 Å². The Morgan fingerprint density at radius 3 is 0.674 bits per heavy atom. The van der Waals surface area contributed by atoms with Gasteiger partial charge in [-0.2, -0.15) is 0 Å². The Morgan fingerprint density at radius 1 is 0.348 bits per heavy atom. The van der Waals surface area contributed by atoms with Gasteiger partial charge in [-0.05, 0) is 12.8 Å². The zero-order valence-electron chi connectivity index (χ0n) is 31.7. The van der Waals surface area contributed by atoms with E-state index in [9.17, 15) is 9.59 Å². The van der Waals surface area contributed by atoms with Gasteiger partial charge < -0.3 is 0 Å². The molecular weight excluding hydrogens is 601 g/mol. The van der Waals surface area contributed by atoms with Gasteiger partial charge in [-0.3, -0.25) is 9.59 Å². The average Bonchev–Trinajstić information content (AvgIpc) is 3.05. The summed E-state index contributed by atoms with van der Waals surface area (Å²) in [5, 5.41) is 0.0902. The van der Waals surface area contributed by atoms with Gasteiger partial charge in [-0.1, -0.05) is 233 Å². The number of rotatable bonds is 37. The summed E-state index contributed by atoms with van der Waals surface area (Å²) >= 11 is 7.68. The van der Waals surface area contributed by atoms with E-state index in [0.717, 1.165) is 12.8 Å². The number of carbonyl (C=O) groups excluding carboxylic acids is 2. The van der Waals surface area contributed by atoms with Crippen molar-refractivity contribution in [2.75, 3.05) is 0 Å². The highest BCUT2D eigenvalue weighted by atomic mass is 32.1. The summed E-state index contributed by atoms with van der Waals surface area (Å²) in [7, 11) is 0. The zero-order valence-corrected chi connectivity index (χ0v) is 33.5. The van der Waals surface area contributed by atoms with Gasteiger partial charge in [0.05, 0.1) is 0 Å². The Morgan fingerprint density at radius 2 is 0.522 bits per heavy atom. The molecule has 0 radical (unpaired) electrons. The molecule has 0 bridgehead atoms. The first-order valence-corrected chi connectivity index (χ1v) is 21.8. The molecule has 1 atom stereocenters. The Labute approximate surface area is 301 Å². The van der Waals surface area contributed by atoms with Crippen LogP contribution in [-0.4, -0.2) is 10.2 Å². The van der Waals surface area contributed by atoms with E-state index in [1.54, 1.807) is 6.92 Å². The molecule has 0 aromatic heterocycles. The van der Waals surface area contributed by atoms with Crippen LogP contribution in [-0.2, 0) is 9.59 Å². The molecule has 0 aliphatic carbocycles. The van der Waals surface area contributed by atoms with Gasteiger partial charge >= 0.3 is 0 Å². The molecule has 0 aromatic carbocycles. The number of hydrogen-bond donors (Lipinski definition) is 2. The minimum atomic E-state index is -0.0509. The van der Waals surface area contributed by atoms with Crippen molar-refractivity contribution in [3.63, 3.8) is 0 Å². The maximum absolute atomic E-state index is 12.0. The number of thiol groups is 2. The average molecular weight is 685 g/mol. The van der Waals surface area contributed by atoms with Crippen LogP contribution in [0.1, 0.15) is 252 Å². The topological polar surface area (TPSA) is 34.1 Å². The van der Waals surface area contributed by atoms with Crippen molar-refractivity contribution in [3.05, 3.63) is 0 Å². The molecule has 1 unspecified atom stereocenters. The van der Waals surface area contributed by atoms with Gasteiger partial charge in [0, 0.05) is 12.3 Å². The minimum absolute atomic E-state index is 0.0509. The van der Waals surface area contributed by atoms with Crippen LogP contribution in [0.5, 0.6) is 0 Å². The first kappa shape index (κ1) is 48.2. The Hall–Kier alpha value is 0.0400. The third-order valence-electron chi connectivity index (χ3n) is 9.71. The van der Waals surface area contributed by atoms with Crippen LogP contribution in [0.4, 0.5) is 0 Å². The predicted octanol–water partition coefficient (Wildman–Crippen LogP) is 15.6. The first-order valence-electron chi connectivity index (χ1n) is 20.9. The lowest BCUT2D eigenvalue weighted by Crippen LogP contribution is -2.09. The van der Waals surface area contributed by atoms with Crippen molar-refractivity contribution in [1.82, 2.24) is 0 Å². The molecule has 0 fully saturated rings. The molecule has 0 spiro atoms. The van der Waals surface area contributed by atoms with E-state index in [2.05, 4.69) is 39.1 Å². The lowest BCUT2D eigenvalue weighted by molar-refractivity contribution is -0.114. The van der Waals surface area contributed by atoms with E-state index in [1.165, 1.54) is 212 Å². The minimum Gasteiger partial charge on any atom is -0.288 e. The largest absolute Gasteiger partial charge is 0.288 e. The molecule has 0 N–H and O–H groups in total. The normalized spacial score (nSPS) is 11.8. The van der Waals surface area contributed by atoms with Crippen molar-refractivity contribution in [2.45, 2.75) is 252 Å². The maximum atomic E-state index is 12.0. The Bertz CT molecular complexity index is 594. The van der Waals surface area contributed by atoms with E-state index in [0.29, 0.717) is 6.42 Å². The van der Waals surface area contributed by atoms with Crippen LogP contribution >= 0.6 is 25.3 Å². The molecule has 276 valence electrons. The molecule has 0 amide bonds. The fraction of sp³-hybridized carbons (Fsp3) is 0.952. The summed E-state index contributed by atoms with van der Waals surface area (Å²) in [6.45, 7) is 6.37. The molecule has 2 nitrogen and oxygen atoms in total. The first-order chi connectivity index (χ1) is 22.5. The molecule has 46 heavy (non-hydrogen) atoms. The highest BCUT2D eigenvalue weighted by molar-refractivity contribution is 7.96. The summed E-state index contributed by atoms with van der Waals surface area (Å²) in [6, 6.07) is 0. The lowest BCUT2D eigenvalue weighted by Gasteiger charge is -2.13. The van der Waals surface area contributed by atoms with E-state index in [-0.39, 0.29) is 16.1 Å². The fourth-order valence-corrected chi connectivity index (χ4v) is 6.70. The zero-order chi connectivity index (χ0) is 34.2. The lowest BCUT2D eigenvalue weighted by atomic mass is 9.95. The highest BCUT2D eigenvalue weighted by Crippen LogP contribution is 2.22.